The zero-order valence-corrected chi connectivity index (χ0v) is 14.4. The van der Waals surface area contributed by atoms with Gasteiger partial charge in [-0.15, -0.1) is 0 Å². The summed E-state index contributed by atoms with van der Waals surface area (Å²) in [6, 6.07) is 0. The van der Waals surface area contributed by atoms with Crippen LogP contribution in [0, 0.1) is 23.2 Å². The van der Waals surface area contributed by atoms with Crippen LogP contribution in [-0.2, 0) is 14.3 Å². The number of fused-ring (bicyclic) bond motifs is 2. The van der Waals surface area contributed by atoms with Crippen molar-refractivity contribution in [3.63, 3.8) is 0 Å². The lowest BCUT2D eigenvalue weighted by molar-refractivity contribution is -0.146. The van der Waals surface area contributed by atoms with Gasteiger partial charge in [-0.2, -0.15) is 0 Å². The number of epoxide rings is 1. The molecule has 0 aromatic rings. The molecule has 3 aliphatic heterocycles. The van der Waals surface area contributed by atoms with E-state index in [-0.39, 0.29) is 35.1 Å². The molecule has 2 saturated carbocycles. The third-order valence-electron chi connectivity index (χ3n) is 7.85. The van der Waals surface area contributed by atoms with Crippen LogP contribution in [0.3, 0.4) is 0 Å². The molecule has 7 unspecified atom stereocenters. The molecule has 128 valence electrons. The largest absolute Gasteiger partial charge is 0.462 e. The summed E-state index contributed by atoms with van der Waals surface area (Å²) in [7, 11) is 0. The van der Waals surface area contributed by atoms with Gasteiger partial charge < -0.3 is 14.4 Å². The molecule has 0 amide bonds. The van der Waals surface area contributed by atoms with Crippen LogP contribution in [0.4, 0.5) is 0 Å². The third-order valence-corrected chi connectivity index (χ3v) is 7.85. The van der Waals surface area contributed by atoms with Crippen molar-refractivity contribution in [2.75, 3.05) is 19.6 Å². The van der Waals surface area contributed by atoms with Gasteiger partial charge in [0.05, 0.1) is 12.0 Å². The molecule has 1 spiro atoms. The van der Waals surface area contributed by atoms with Crippen molar-refractivity contribution in [1.29, 1.82) is 0 Å². The fourth-order valence-electron chi connectivity index (χ4n) is 6.69. The number of carbonyl (C=O) groups is 1. The minimum atomic E-state index is 0.0427. The summed E-state index contributed by atoms with van der Waals surface area (Å²) in [5, 5.41) is 0. The zero-order valence-electron chi connectivity index (χ0n) is 14.4. The fraction of sp³-hybridized carbons (Fsp3) is 0.947. The normalized spacial score (nSPS) is 55.0. The van der Waals surface area contributed by atoms with Gasteiger partial charge in [-0.1, -0.05) is 20.3 Å². The summed E-state index contributed by atoms with van der Waals surface area (Å²) in [6.45, 7) is 7.93. The van der Waals surface area contributed by atoms with Gasteiger partial charge in [-0.05, 0) is 51.1 Å². The lowest BCUT2D eigenvalue weighted by Crippen LogP contribution is -2.54. The number of rotatable bonds is 2. The lowest BCUT2D eigenvalue weighted by Gasteiger charge is -2.49. The Morgan fingerprint density at radius 1 is 1.26 bits per heavy atom. The maximum atomic E-state index is 12.6. The molecule has 5 aliphatic rings. The van der Waals surface area contributed by atoms with Crippen LogP contribution in [0.25, 0.3) is 0 Å². The van der Waals surface area contributed by atoms with E-state index in [9.17, 15) is 4.79 Å². The Kier molecular flexibility index (Phi) is 3.02. The summed E-state index contributed by atoms with van der Waals surface area (Å²) >= 11 is 0. The molecule has 0 radical (unpaired) electrons. The summed E-state index contributed by atoms with van der Waals surface area (Å²) in [4.78, 5) is 15.0. The van der Waals surface area contributed by atoms with Crippen molar-refractivity contribution in [3.05, 3.63) is 0 Å². The second-order valence-electron chi connectivity index (χ2n) is 9.06. The van der Waals surface area contributed by atoms with Gasteiger partial charge in [0.15, 0.2) is 0 Å². The standard InChI is InChI=1S/C19H29NO3/c1-12-6-5-7-18(2)10-14-15(16-19(12,18)23-16)13(17(21)22-14)11-20-8-3-4-9-20/h12-16H,3-11H2,1-2H3. The monoisotopic (exact) mass is 319 g/mol. The molecule has 3 saturated heterocycles. The van der Waals surface area contributed by atoms with E-state index in [2.05, 4.69) is 18.7 Å². The Morgan fingerprint density at radius 2 is 2.04 bits per heavy atom. The number of hydrogen-bond acceptors (Lipinski definition) is 4. The van der Waals surface area contributed by atoms with Gasteiger partial charge >= 0.3 is 5.97 Å². The first-order valence-corrected chi connectivity index (χ1v) is 9.66. The first-order valence-electron chi connectivity index (χ1n) is 9.66. The molecule has 23 heavy (non-hydrogen) atoms. The quantitative estimate of drug-likeness (QED) is 0.579. The van der Waals surface area contributed by atoms with Crippen LogP contribution in [0.2, 0.25) is 0 Å². The van der Waals surface area contributed by atoms with Crippen molar-refractivity contribution in [1.82, 2.24) is 4.90 Å². The van der Waals surface area contributed by atoms with Gasteiger partial charge in [0.25, 0.3) is 0 Å². The molecule has 0 N–H and O–H groups in total. The predicted octanol–water partition coefficient (Wildman–Crippen LogP) is 2.61. The number of likely N-dealkylation sites (tertiary alicyclic amines) is 1. The van der Waals surface area contributed by atoms with E-state index in [0.717, 1.165) is 26.1 Å². The van der Waals surface area contributed by atoms with Crippen molar-refractivity contribution < 1.29 is 14.3 Å². The van der Waals surface area contributed by atoms with Gasteiger partial charge in [-0.25, -0.2) is 0 Å². The number of carbonyl (C=O) groups excluding carboxylic acids is 1. The minimum absolute atomic E-state index is 0.0427. The molecule has 4 heteroatoms. The lowest BCUT2D eigenvalue weighted by atomic mass is 9.53. The fourth-order valence-corrected chi connectivity index (χ4v) is 6.69. The van der Waals surface area contributed by atoms with Crippen molar-refractivity contribution in [3.8, 4) is 0 Å². The predicted molar refractivity (Wildman–Crippen MR) is 85.9 cm³/mol. The van der Waals surface area contributed by atoms with Gasteiger partial charge in [0.2, 0.25) is 0 Å². The highest BCUT2D eigenvalue weighted by atomic mass is 16.6. The Morgan fingerprint density at radius 3 is 2.83 bits per heavy atom. The van der Waals surface area contributed by atoms with Crippen molar-refractivity contribution in [2.45, 2.75) is 70.2 Å². The Balaban J connectivity index is 1.43. The molecule has 5 rings (SSSR count). The highest BCUT2D eigenvalue weighted by Gasteiger charge is 2.78. The number of hydrogen-bond donors (Lipinski definition) is 0. The first-order chi connectivity index (χ1) is 11.1. The second kappa shape index (κ2) is 4.72. The van der Waals surface area contributed by atoms with E-state index in [1.54, 1.807) is 0 Å². The molecule has 0 aromatic carbocycles. The van der Waals surface area contributed by atoms with E-state index in [1.165, 1.54) is 32.1 Å². The highest BCUT2D eigenvalue weighted by Crippen LogP contribution is 2.70. The zero-order chi connectivity index (χ0) is 15.8. The van der Waals surface area contributed by atoms with Crippen LogP contribution in [0.1, 0.15) is 52.4 Å². The van der Waals surface area contributed by atoms with Crippen molar-refractivity contribution in [2.24, 2.45) is 23.2 Å². The van der Waals surface area contributed by atoms with Crippen LogP contribution >= 0.6 is 0 Å². The third kappa shape index (κ3) is 1.82. The van der Waals surface area contributed by atoms with E-state index in [4.69, 9.17) is 9.47 Å². The van der Waals surface area contributed by atoms with Crippen LogP contribution in [0.5, 0.6) is 0 Å². The first kappa shape index (κ1) is 14.7. The summed E-state index contributed by atoms with van der Waals surface area (Å²) in [5.74, 6) is 1.01. The second-order valence-corrected chi connectivity index (χ2v) is 9.06. The summed E-state index contributed by atoms with van der Waals surface area (Å²) in [6.07, 6.45) is 7.72. The van der Waals surface area contributed by atoms with Gasteiger partial charge in [0.1, 0.15) is 11.7 Å². The number of ether oxygens (including phenoxy) is 2. The Labute approximate surface area is 138 Å². The maximum absolute atomic E-state index is 12.6. The number of nitrogens with zero attached hydrogens (tertiary/aromatic N) is 1. The Hall–Kier alpha value is -0.610. The van der Waals surface area contributed by atoms with Crippen molar-refractivity contribution >= 4 is 5.97 Å². The summed E-state index contributed by atoms with van der Waals surface area (Å²) < 4.78 is 12.4. The highest BCUT2D eigenvalue weighted by molar-refractivity contribution is 5.76. The smallest absolute Gasteiger partial charge is 0.311 e. The van der Waals surface area contributed by atoms with E-state index >= 15 is 0 Å². The Bertz CT molecular complexity index is 531. The van der Waals surface area contributed by atoms with E-state index in [0.29, 0.717) is 11.8 Å². The summed E-state index contributed by atoms with van der Waals surface area (Å²) in [5.41, 5.74) is 0.253. The van der Waals surface area contributed by atoms with E-state index < -0.39 is 0 Å². The molecule has 0 aromatic heterocycles. The van der Waals surface area contributed by atoms with Crippen LogP contribution < -0.4 is 0 Å². The van der Waals surface area contributed by atoms with Gasteiger partial charge in [0, 0.05) is 17.9 Å². The molecule has 4 nitrogen and oxygen atoms in total. The molecule has 2 aliphatic carbocycles. The van der Waals surface area contributed by atoms with Crippen LogP contribution in [0.15, 0.2) is 0 Å². The number of esters is 1. The van der Waals surface area contributed by atoms with E-state index in [1.807, 2.05) is 0 Å². The maximum Gasteiger partial charge on any atom is 0.311 e. The molecule has 7 atom stereocenters. The average molecular weight is 319 g/mol. The molecule has 5 fully saturated rings. The van der Waals surface area contributed by atoms with Gasteiger partial charge in [-0.3, -0.25) is 4.79 Å². The SMILES string of the molecule is CC1CCCC2(C)CC3OC(=O)C(CN4CCCC4)C3C3OC132. The average Bonchev–Trinajstić information content (AvgIpc) is 2.91. The topological polar surface area (TPSA) is 42.1 Å². The molecular weight excluding hydrogens is 290 g/mol. The molecule has 3 heterocycles. The molecule has 0 bridgehead atoms. The molecular formula is C19H29NO3. The van der Waals surface area contributed by atoms with Crippen LogP contribution in [-0.4, -0.2) is 48.3 Å². The minimum Gasteiger partial charge on any atom is -0.462 e.